The molecule has 2 aliphatic rings. The topological polar surface area (TPSA) is 69.6 Å². The van der Waals surface area contributed by atoms with Crippen LogP contribution in [0.2, 0.25) is 0 Å². The van der Waals surface area contributed by atoms with Gasteiger partial charge in [0.25, 0.3) is 0 Å². The van der Waals surface area contributed by atoms with Gasteiger partial charge in [-0.15, -0.1) is 0 Å². The first kappa shape index (κ1) is 14.9. The third-order valence-corrected chi connectivity index (χ3v) is 4.37. The van der Waals surface area contributed by atoms with E-state index in [1.165, 1.54) is 0 Å². The lowest BCUT2D eigenvalue weighted by Crippen LogP contribution is -2.56. The fraction of sp³-hybridized carbons (Fsp3) is 0.833. The Balaban J connectivity index is 2.07. The molecule has 1 aliphatic carbocycles. The molecule has 0 aromatic heterocycles. The van der Waals surface area contributed by atoms with E-state index in [1.54, 1.807) is 0 Å². The molecule has 1 heterocycles. The van der Waals surface area contributed by atoms with Crippen molar-refractivity contribution in [2.24, 2.45) is 5.41 Å². The lowest BCUT2D eigenvalue weighted by molar-refractivity contribution is -0.227. The summed E-state index contributed by atoms with van der Waals surface area (Å²) in [5.74, 6) is -1.92. The number of carbonyl (C=O) groups is 2. The zero-order valence-electron chi connectivity index (χ0n) is 11.1. The second-order valence-electron chi connectivity index (χ2n) is 5.90. The van der Waals surface area contributed by atoms with Gasteiger partial charge in [-0.25, -0.2) is 4.79 Å². The van der Waals surface area contributed by atoms with E-state index < -0.39 is 36.6 Å². The minimum atomic E-state index is -4.87. The van der Waals surface area contributed by atoms with Crippen molar-refractivity contribution in [1.29, 1.82) is 0 Å². The Morgan fingerprint density at radius 2 is 1.85 bits per heavy atom. The number of nitrogens with one attached hydrogen (secondary N) is 1. The number of hydrogen-bond donors (Lipinski definition) is 2. The van der Waals surface area contributed by atoms with E-state index in [4.69, 9.17) is 5.11 Å². The number of nitrogens with zero attached hydrogens (tertiary/aromatic N) is 1. The van der Waals surface area contributed by atoms with Crippen LogP contribution in [-0.4, -0.2) is 46.8 Å². The second-order valence-corrected chi connectivity index (χ2v) is 5.90. The molecule has 0 aromatic carbocycles. The number of likely N-dealkylation sites (tertiary alicyclic amines) is 1. The maximum Gasteiger partial charge on any atom is 0.406 e. The standard InChI is InChI=1S/C12H17F3N2O3/c1-10(3-2-4-10)16-9(20)17-6-5-11(7-17,8(18)19)12(13,14)15/h2-7H2,1H3,(H,16,20)(H,18,19). The summed E-state index contributed by atoms with van der Waals surface area (Å²) in [4.78, 5) is 23.9. The number of carbonyl (C=O) groups excluding carboxylic acids is 1. The van der Waals surface area contributed by atoms with Crippen LogP contribution in [0.15, 0.2) is 0 Å². The largest absolute Gasteiger partial charge is 0.481 e. The zero-order chi connectivity index (χ0) is 15.2. The Hall–Kier alpha value is -1.47. The normalized spacial score (nSPS) is 28.9. The van der Waals surface area contributed by atoms with Crippen molar-refractivity contribution < 1.29 is 27.9 Å². The minimum Gasteiger partial charge on any atom is -0.481 e. The molecule has 2 amide bonds. The smallest absolute Gasteiger partial charge is 0.406 e. The highest BCUT2D eigenvalue weighted by Crippen LogP contribution is 2.45. The number of carboxylic acid groups (broad SMARTS) is 1. The van der Waals surface area contributed by atoms with Crippen LogP contribution in [0.25, 0.3) is 0 Å². The fourth-order valence-corrected chi connectivity index (χ4v) is 2.68. The Bertz CT molecular complexity index is 434. The van der Waals surface area contributed by atoms with Crippen molar-refractivity contribution in [3.8, 4) is 0 Å². The molecule has 1 saturated carbocycles. The SMILES string of the molecule is CC1(NC(=O)N2CCC(C(=O)O)(C(F)(F)F)C2)CCC1. The summed E-state index contributed by atoms with van der Waals surface area (Å²) in [6.45, 7) is 0.806. The number of hydrogen-bond acceptors (Lipinski definition) is 2. The molecule has 0 spiro atoms. The van der Waals surface area contributed by atoms with E-state index >= 15 is 0 Å². The summed E-state index contributed by atoms with van der Waals surface area (Å²) in [7, 11) is 0. The Morgan fingerprint density at radius 1 is 1.25 bits per heavy atom. The number of alkyl halides is 3. The van der Waals surface area contributed by atoms with Crippen molar-refractivity contribution in [1.82, 2.24) is 10.2 Å². The molecular formula is C12H17F3N2O3. The molecule has 2 fully saturated rings. The molecule has 1 saturated heterocycles. The number of urea groups is 1. The summed E-state index contributed by atoms with van der Waals surface area (Å²) in [5.41, 5.74) is -3.21. The van der Waals surface area contributed by atoms with Crippen LogP contribution in [0, 0.1) is 5.41 Å². The Morgan fingerprint density at radius 3 is 2.20 bits per heavy atom. The highest BCUT2D eigenvalue weighted by molar-refractivity contribution is 5.80. The molecule has 20 heavy (non-hydrogen) atoms. The van der Waals surface area contributed by atoms with Crippen LogP contribution in [-0.2, 0) is 4.79 Å². The first-order valence-corrected chi connectivity index (χ1v) is 6.47. The van der Waals surface area contributed by atoms with Gasteiger partial charge in [0, 0.05) is 18.6 Å². The van der Waals surface area contributed by atoms with Crippen LogP contribution >= 0.6 is 0 Å². The van der Waals surface area contributed by atoms with Crippen LogP contribution in [0.1, 0.15) is 32.6 Å². The summed E-state index contributed by atoms with van der Waals surface area (Å²) in [6, 6.07) is -0.612. The molecule has 0 aromatic rings. The average Bonchev–Trinajstić information content (AvgIpc) is 2.72. The maximum absolute atomic E-state index is 13.0. The van der Waals surface area contributed by atoms with Crippen molar-refractivity contribution in [3.63, 3.8) is 0 Å². The van der Waals surface area contributed by atoms with Gasteiger partial charge in [-0.1, -0.05) is 0 Å². The minimum absolute atomic E-state index is 0.201. The molecule has 1 unspecified atom stereocenters. The van der Waals surface area contributed by atoms with Crippen molar-refractivity contribution >= 4 is 12.0 Å². The van der Waals surface area contributed by atoms with Gasteiger partial charge in [0.05, 0.1) is 0 Å². The van der Waals surface area contributed by atoms with E-state index in [9.17, 15) is 22.8 Å². The predicted octanol–water partition coefficient (Wildman–Crippen LogP) is 1.98. The predicted molar refractivity (Wildman–Crippen MR) is 63.1 cm³/mol. The van der Waals surface area contributed by atoms with E-state index in [0.29, 0.717) is 0 Å². The fourth-order valence-electron chi connectivity index (χ4n) is 2.68. The summed E-state index contributed by atoms with van der Waals surface area (Å²) >= 11 is 0. The van der Waals surface area contributed by atoms with E-state index in [-0.39, 0.29) is 12.1 Å². The van der Waals surface area contributed by atoms with Gasteiger partial charge in [-0.3, -0.25) is 4.79 Å². The summed E-state index contributed by atoms with van der Waals surface area (Å²) < 4.78 is 38.9. The zero-order valence-corrected chi connectivity index (χ0v) is 11.1. The highest BCUT2D eigenvalue weighted by Gasteiger charge is 2.64. The van der Waals surface area contributed by atoms with Gasteiger partial charge in [0.1, 0.15) is 0 Å². The molecule has 0 bridgehead atoms. The van der Waals surface area contributed by atoms with Gasteiger partial charge in [0.15, 0.2) is 5.41 Å². The van der Waals surface area contributed by atoms with Crippen LogP contribution in [0.4, 0.5) is 18.0 Å². The van der Waals surface area contributed by atoms with Gasteiger partial charge >= 0.3 is 18.2 Å². The molecule has 2 rings (SSSR count). The molecular weight excluding hydrogens is 277 g/mol. The lowest BCUT2D eigenvalue weighted by atomic mass is 9.79. The van der Waals surface area contributed by atoms with E-state index in [1.807, 2.05) is 6.92 Å². The Kier molecular flexibility index (Phi) is 3.38. The van der Waals surface area contributed by atoms with Crippen LogP contribution in [0.5, 0.6) is 0 Å². The maximum atomic E-state index is 13.0. The van der Waals surface area contributed by atoms with Gasteiger partial charge in [-0.2, -0.15) is 13.2 Å². The van der Waals surface area contributed by atoms with Gasteiger partial charge in [0.2, 0.25) is 0 Å². The number of carboxylic acids is 1. The number of aliphatic carboxylic acids is 1. The number of halogens is 3. The molecule has 1 atom stereocenters. The Labute approximate surface area is 114 Å². The second kappa shape index (κ2) is 4.53. The molecule has 0 radical (unpaired) electrons. The molecule has 114 valence electrons. The lowest BCUT2D eigenvalue weighted by Gasteiger charge is -2.40. The molecule has 8 heteroatoms. The van der Waals surface area contributed by atoms with Crippen molar-refractivity contribution in [2.75, 3.05) is 13.1 Å². The van der Waals surface area contributed by atoms with Crippen molar-refractivity contribution in [2.45, 2.75) is 44.3 Å². The van der Waals surface area contributed by atoms with Crippen molar-refractivity contribution in [3.05, 3.63) is 0 Å². The number of rotatable bonds is 2. The van der Waals surface area contributed by atoms with Gasteiger partial charge < -0.3 is 15.3 Å². The van der Waals surface area contributed by atoms with E-state index in [0.717, 1.165) is 24.2 Å². The molecule has 2 N–H and O–H groups in total. The first-order chi connectivity index (χ1) is 9.10. The first-order valence-electron chi connectivity index (χ1n) is 6.47. The quantitative estimate of drug-likeness (QED) is 0.818. The third-order valence-electron chi connectivity index (χ3n) is 4.37. The highest BCUT2D eigenvalue weighted by atomic mass is 19.4. The van der Waals surface area contributed by atoms with Crippen LogP contribution < -0.4 is 5.32 Å². The molecule has 1 aliphatic heterocycles. The average molecular weight is 294 g/mol. The third kappa shape index (κ3) is 2.31. The summed E-state index contributed by atoms with van der Waals surface area (Å²) in [6.07, 6.45) is -2.92. The summed E-state index contributed by atoms with van der Waals surface area (Å²) in [5, 5.41) is 11.6. The molecule has 5 nitrogen and oxygen atoms in total. The number of amides is 2. The van der Waals surface area contributed by atoms with E-state index in [2.05, 4.69) is 5.32 Å². The monoisotopic (exact) mass is 294 g/mol. The van der Waals surface area contributed by atoms with Crippen LogP contribution in [0.3, 0.4) is 0 Å². The van der Waals surface area contributed by atoms with Gasteiger partial charge in [-0.05, 0) is 32.6 Å².